The zero-order chi connectivity index (χ0) is 15.4. The van der Waals surface area contributed by atoms with Crippen LogP contribution in [0.2, 0.25) is 0 Å². The normalized spacial score (nSPS) is 10.7. The summed E-state index contributed by atoms with van der Waals surface area (Å²) in [5.41, 5.74) is 6.20. The van der Waals surface area contributed by atoms with Crippen molar-refractivity contribution in [2.75, 3.05) is 5.43 Å². The van der Waals surface area contributed by atoms with E-state index in [1.54, 1.807) is 11.8 Å². The molecule has 0 saturated heterocycles. The van der Waals surface area contributed by atoms with Crippen molar-refractivity contribution >= 4 is 17.6 Å². The van der Waals surface area contributed by atoms with Crippen molar-refractivity contribution in [3.05, 3.63) is 40.7 Å². The fraction of sp³-hybridized carbons (Fsp3) is 0.375. The maximum Gasteiger partial charge on any atom is 0.147 e. The lowest BCUT2D eigenvalue weighted by Gasteiger charge is -2.12. The molecule has 1 aromatic carbocycles. The van der Waals surface area contributed by atoms with E-state index in [4.69, 9.17) is 5.84 Å². The number of nitrogens with zero attached hydrogens (tertiary/aromatic N) is 2. The van der Waals surface area contributed by atoms with Crippen LogP contribution >= 0.6 is 11.8 Å². The molecule has 4 nitrogen and oxygen atoms in total. The van der Waals surface area contributed by atoms with Gasteiger partial charge in [-0.15, -0.1) is 0 Å². The molecule has 1 heterocycles. The average molecular weight is 302 g/mol. The van der Waals surface area contributed by atoms with E-state index >= 15 is 0 Å². The maximum absolute atomic E-state index is 5.58. The first kappa shape index (κ1) is 15.8. The zero-order valence-electron chi connectivity index (χ0n) is 13.0. The highest BCUT2D eigenvalue weighted by Gasteiger charge is 2.12. The summed E-state index contributed by atoms with van der Waals surface area (Å²) in [6.45, 7) is 8.35. The van der Waals surface area contributed by atoms with Crippen LogP contribution in [0.5, 0.6) is 0 Å². The van der Waals surface area contributed by atoms with Gasteiger partial charge in [0.25, 0.3) is 0 Å². The van der Waals surface area contributed by atoms with Gasteiger partial charge >= 0.3 is 0 Å². The van der Waals surface area contributed by atoms with E-state index in [1.165, 1.54) is 16.0 Å². The number of rotatable bonds is 5. The molecule has 1 aromatic heterocycles. The number of aryl methyl sites for hydroxylation is 3. The Kier molecular flexibility index (Phi) is 5.20. The van der Waals surface area contributed by atoms with E-state index in [2.05, 4.69) is 54.4 Å². The van der Waals surface area contributed by atoms with E-state index < -0.39 is 0 Å². The number of nitrogen functional groups attached to an aromatic ring is 1. The van der Waals surface area contributed by atoms with Gasteiger partial charge in [-0.1, -0.05) is 36.4 Å². The van der Waals surface area contributed by atoms with E-state index in [0.717, 1.165) is 29.3 Å². The van der Waals surface area contributed by atoms with Crippen molar-refractivity contribution in [2.24, 2.45) is 5.84 Å². The molecule has 0 saturated carbocycles. The molecule has 0 radical (unpaired) electrons. The molecule has 21 heavy (non-hydrogen) atoms. The van der Waals surface area contributed by atoms with Crippen molar-refractivity contribution in [3.8, 4) is 0 Å². The van der Waals surface area contributed by atoms with Crippen LogP contribution < -0.4 is 11.3 Å². The Morgan fingerprint density at radius 1 is 1.19 bits per heavy atom. The van der Waals surface area contributed by atoms with Gasteiger partial charge in [0.05, 0.1) is 0 Å². The first-order chi connectivity index (χ1) is 10.0. The first-order valence-corrected chi connectivity index (χ1v) is 7.96. The highest BCUT2D eigenvalue weighted by Crippen LogP contribution is 2.33. The van der Waals surface area contributed by atoms with E-state index in [9.17, 15) is 0 Å². The number of hydrazine groups is 1. The van der Waals surface area contributed by atoms with E-state index in [0.29, 0.717) is 5.82 Å². The molecule has 0 aliphatic rings. The Morgan fingerprint density at radius 3 is 2.57 bits per heavy atom. The number of nitrogens with one attached hydrogen (secondary N) is 1. The Bertz CT molecular complexity index is 640. The van der Waals surface area contributed by atoms with Crippen LogP contribution in [0.4, 0.5) is 5.82 Å². The lowest BCUT2D eigenvalue weighted by molar-refractivity contribution is 0.802. The molecular weight excluding hydrogens is 280 g/mol. The molecular formula is C16H22N4S. The predicted octanol–water partition coefficient (Wildman–Crippen LogP) is 3.79. The number of hydrogen-bond acceptors (Lipinski definition) is 5. The van der Waals surface area contributed by atoms with Gasteiger partial charge in [0, 0.05) is 16.9 Å². The molecule has 0 aliphatic carbocycles. The third-order valence-electron chi connectivity index (χ3n) is 3.29. The third-order valence-corrected chi connectivity index (χ3v) is 4.56. The summed E-state index contributed by atoms with van der Waals surface area (Å²) >= 11 is 1.67. The molecule has 2 rings (SSSR count). The minimum Gasteiger partial charge on any atom is -0.308 e. The Labute approximate surface area is 130 Å². The molecule has 0 spiro atoms. The summed E-state index contributed by atoms with van der Waals surface area (Å²) in [5, 5.41) is 0.966. The summed E-state index contributed by atoms with van der Waals surface area (Å²) in [6.07, 6.45) is 1.87. The fourth-order valence-corrected chi connectivity index (χ4v) is 3.10. The van der Waals surface area contributed by atoms with E-state index in [-0.39, 0.29) is 0 Å². The van der Waals surface area contributed by atoms with Crippen LogP contribution in [0.3, 0.4) is 0 Å². The Morgan fingerprint density at radius 2 is 1.95 bits per heavy atom. The number of hydrogen-bond donors (Lipinski definition) is 2. The molecule has 5 heteroatoms. The summed E-state index contributed by atoms with van der Waals surface area (Å²) in [5.74, 6) is 7.12. The summed E-state index contributed by atoms with van der Waals surface area (Å²) < 4.78 is 0. The van der Waals surface area contributed by atoms with Crippen molar-refractivity contribution in [1.29, 1.82) is 0 Å². The Hall–Kier alpha value is -1.59. The zero-order valence-corrected chi connectivity index (χ0v) is 13.8. The summed E-state index contributed by atoms with van der Waals surface area (Å²) in [7, 11) is 0. The number of anilines is 1. The van der Waals surface area contributed by atoms with Gasteiger partial charge in [0.2, 0.25) is 0 Å². The number of aromatic nitrogens is 2. The smallest absolute Gasteiger partial charge is 0.147 e. The molecule has 112 valence electrons. The highest BCUT2D eigenvalue weighted by atomic mass is 32.2. The standard InChI is InChI=1S/C16H22N4S/c1-5-6-14-18-15(20-17)12(4)16(19-14)21-13-8-7-10(2)9-11(13)3/h7-9H,5-6,17H2,1-4H3,(H,18,19,20). The van der Waals surface area contributed by atoms with Gasteiger partial charge in [0.15, 0.2) is 0 Å². The summed E-state index contributed by atoms with van der Waals surface area (Å²) in [4.78, 5) is 10.4. The van der Waals surface area contributed by atoms with Gasteiger partial charge < -0.3 is 5.43 Å². The van der Waals surface area contributed by atoms with Gasteiger partial charge in [0.1, 0.15) is 16.7 Å². The lowest BCUT2D eigenvalue weighted by atomic mass is 10.2. The number of benzene rings is 1. The molecule has 0 aliphatic heterocycles. The van der Waals surface area contributed by atoms with Crippen LogP contribution in [-0.4, -0.2) is 9.97 Å². The van der Waals surface area contributed by atoms with Crippen molar-refractivity contribution < 1.29 is 0 Å². The summed E-state index contributed by atoms with van der Waals surface area (Å²) in [6, 6.07) is 6.46. The predicted molar refractivity (Wildman–Crippen MR) is 88.6 cm³/mol. The molecule has 0 bridgehead atoms. The molecule has 0 amide bonds. The van der Waals surface area contributed by atoms with Crippen molar-refractivity contribution in [3.63, 3.8) is 0 Å². The maximum atomic E-state index is 5.58. The third kappa shape index (κ3) is 3.74. The van der Waals surface area contributed by atoms with Gasteiger partial charge in [-0.3, -0.25) is 0 Å². The molecule has 2 aromatic rings. The topological polar surface area (TPSA) is 63.8 Å². The second-order valence-corrected chi connectivity index (χ2v) is 6.21. The van der Waals surface area contributed by atoms with Crippen LogP contribution in [0, 0.1) is 20.8 Å². The van der Waals surface area contributed by atoms with Crippen molar-refractivity contribution in [1.82, 2.24) is 9.97 Å². The largest absolute Gasteiger partial charge is 0.308 e. The van der Waals surface area contributed by atoms with Gasteiger partial charge in [-0.05, 0) is 38.8 Å². The second kappa shape index (κ2) is 6.91. The fourth-order valence-electron chi connectivity index (χ4n) is 2.13. The van der Waals surface area contributed by atoms with Crippen LogP contribution in [-0.2, 0) is 6.42 Å². The molecule has 3 N–H and O–H groups in total. The Balaban J connectivity index is 2.40. The minimum atomic E-state index is 0.709. The molecule has 0 fully saturated rings. The molecule has 0 atom stereocenters. The van der Waals surface area contributed by atoms with Crippen molar-refractivity contribution in [2.45, 2.75) is 50.5 Å². The quantitative estimate of drug-likeness (QED) is 0.500. The van der Waals surface area contributed by atoms with Gasteiger partial charge in [-0.25, -0.2) is 15.8 Å². The molecule has 0 unspecified atom stereocenters. The first-order valence-electron chi connectivity index (χ1n) is 7.14. The lowest BCUT2D eigenvalue weighted by Crippen LogP contribution is -2.13. The monoisotopic (exact) mass is 302 g/mol. The SMILES string of the molecule is CCCc1nc(NN)c(C)c(Sc2ccc(C)cc2C)n1. The van der Waals surface area contributed by atoms with Crippen LogP contribution in [0.1, 0.15) is 35.9 Å². The van der Waals surface area contributed by atoms with E-state index in [1.807, 2.05) is 6.92 Å². The highest BCUT2D eigenvalue weighted by molar-refractivity contribution is 7.99. The number of nitrogens with two attached hydrogens (primary N) is 1. The van der Waals surface area contributed by atoms with Crippen LogP contribution in [0.15, 0.2) is 28.1 Å². The minimum absolute atomic E-state index is 0.709. The second-order valence-electron chi connectivity index (χ2n) is 5.18. The average Bonchev–Trinajstić information content (AvgIpc) is 2.45. The van der Waals surface area contributed by atoms with Gasteiger partial charge in [-0.2, -0.15) is 0 Å². The van der Waals surface area contributed by atoms with Crippen LogP contribution in [0.25, 0.3) is 0 Å².